The fourth-order valence-electron chi connectivity index (χ4n) is 1.82. The first kappa shape index (κ1) is 9.16. The number of aryl methyl sites for hydroxylation is 1. The van der Waals surface area contributed by atoms with Crippen LogP contribution < -0.4 is 0 Å². The Balaban J connectivity index is 2.22. The van der Waals surface area contributed by atoms with Crippen LogP contribution >= 0.6 is 0 Å². The molecule has 0 aliphatic rings. The minimum absolute atomic E-state index is 0.837. The molecule has 0 spiro atoms. The van der Waals surface area contributed by atoms with Gasteiger partial charge in [0, 0.05) is 5.39 Å². The quantitative estimate of drug-likeness (QED) is 0.610. The fraction of sp³-hybridized carbons (Fsp3) is 0.0714. The Labute approximate surface area is 93.5 Å². The number of benzene rings is 2. The molecular formula is C14H10NO. The number of hydrogen-bond donors (Lipinski definition) is 0. The molecule has 1 radical (unpaired) electrons. The lowest BCUT2D eigenvalue weighted by molar-refractivity contribution is 0.450. The van der Waals surface area contributed by atoms with Gasteiger partial charge in [-0.3, -0.25) is 0 Å². The molecule has 3 aromatic rings. The van der Waals surface area contributed by atoms with Crippen molar-refractivity contribution in [3.63, 3.8) is 0 Å². The molecule has 1 aromatic heterocycles. The summed E-state index contributed by atoms with van der Waals surface area (Å²) in [5.74, 6) is 0. The van der Waals surface area contributed by atoms with Crippen LogP contribution in [0.5, 0.6) is 0 Å². The van der Waals surface area contributed by atoms with Crippen molar-refractivity contribution in [2.75, 3.05) is 0 Å². The molecule has 16 heavy (non-hydrogen) atoms. The van der Waals surface area contributed by atoms with Crippen molar-refractivity contribution in [1.29, 1.82) is 0 Å². The van der Waals surface area contributed by atoms with Crippen LogP contribution in [-0.4, -0.2) is 5.16 Å². The summed E-state index contributed by atoms with van der Waals surface area (Å²) in [5, 5.41) is 5.02. The third-order valence-corrected chi connectivity index (χ3v) is 2.70. The van der Waals surface area contributed by atoms with Crippen molar-refractivity contribution in [2.24, 2.45) is 0 Å². The van der Waals surface area contributed by atoms with Crippen molar-refractivity contribution in [3.8, 4) is 11.1 Å². The SMILES string of the molecule is Cc1noc2ccc(-c3cc[c]cc3)cc12. The van der Waals surface area contributed by atoms with Crippen LogP contribution in [0.2, 0.25) is 0 Å². The maximum atomic E-state index is 5.18. The van der Waals surface area contributed by atoms with Crippen molar-refractivity contribution < 1.29 is 4.52 Å². The van der Waals surface area contributed by atoms with Gasteiger partial charge in [-0.05, 0) is 36.2 Å². The summed E-state index contributed by atoms with van der Waals surface area (Å²) in [6.45, 7) is 1.95. The van der Waals surface area contributed by atoms with Gasteiger partial charge in [0.05, 0.1) is 5.69 Å². The van der Waals surface area contributed by atoms with Gasteiger partial charge in [-0.25, -0.2) is 0 Å². The van der Waals surface area contributed by atoms with Gasteiger partial charge in [-0.15, -0.1) is 0 Å². The highest BCUT2D eigenvalue weighted by Gasteiger charge is 2.05. The van der Waals surface area contributed by atoms with Gasteiger partial charge in [0.1, 0.15) is 0 Å². The van der Waals surface area contributed by atoms with E-state index >= 15 is 0 Å². The average Bonchev–Trinajstić information content (AvgIpc) is 2.72. The Hall–Kier alpha value is -2.09. The smallest absolute Gasteiger partial charge is 0.167 e. The van der Waals surface area contributed by atoms with E-state index in [0.29, 0.717) is 0 Å². The Bertz CT molecular complexity index is 626. The van der Waals surface area contributed by atoms with Gasteiger partial charge >= 0.3 is 0 Å². The highest BCUT2D eigenvalue weighted by Crippen LogP contribution is 2.25. The van der Waals surface area contributed by atoms with E-state index in [-0.39, 0.29) is 0 Å². The zero-order valence-electron chi connectivity index (χ0n) is 8.90. The van der Waals surface area contributed by atoms with Crippen LogP contribution in [0.3, 0.4) is 0 Å². The second-order valence-corrected chi connectivity index (χ2v) is 3.77. The average molecular weight is 208 g/mol. The minimum atomic E-state index is 0.837. The third kappa shape index (κ3) is 1.39. The number of aromatic nitrogens is 1. The van der Waals surface area contributed by atoms with Gasteiger partial charge in [0.15, 0.2) is 5.58 Å². The standard InChI is InChI=1S/C14H10NO/c1-10-13-9-12(7-8-14(13)16-15-10)11-5-3-2-4-6-11/h3-9H,1H3. The van der Waals surface area contributed by atoms with Gasteiger partial charge in [-0.2, -0.15) is 0 Å². The molecule has 3 rings (SSSR count). The third-order valence-electron chi connectivity index (χ3n) is 2.70. The van der Waals surface area contributed by atoms with Gasteiger partial charge in [0.2, 0.25) is 0 Å². The van der Waals surface area contributed by atoms with Crippen molar-refractivity contribution >= 4 is 11.0 Å². The highest BCUT2D eigenvalue weighted by atomic mass is 16.5. The first-order valence-corrected chi connectivity index (χ1v) is 5.17. The summed E-state index contributed by atoms with van der Waals surface area (Å²) in [6, 6.07) is 17.1. The Morgan fingerprint density at radius 2 is 1.88 bits per heavy atom. The number of hydrogen-bond acceptors (Lipinski definition) is 2. The molecule has 0 saturated carbocycles. The van der Waals surface area contributed by atoms with Gasteiger partial charge in [0.25, 0.3) is 0 Å². The Morgan fingerprint density at radius 1 is 1.06 bits per heavy atom. The summed E-state index contributed by atoms with van der Waals surface area (Å²) in [7, 11) is 0. The second kappa shape index (κ2) is 3.49. The van der Waals surface area contributed by atoms with Crippen LogP contribution in [0, 0.1) is 13.0 Å². The minimum Gasteiger partial charge on any atom is -0.356 e. The lowest BCUT2D eigenvalue weighted by Gasteiger charge is -2.00. The van der Waals surface area contributed by atoms with E-state index in [2.05, 4.69) is 17.3 Å². The number of fused-ring (bicyclic) bond motifs is 1. The summed E-state index contributed by atoms with van der Waals surface area (Å²) < 4.78 is 5.18. The molecule has 0 bridgehead atoms. The molecule has 2 heteroatoms. The first-order chi connectivity index (χ1) is 7.84. The van der Waals surface area contributed by atoms with E-state index in [1.165, 1.54) is 11.1 Å². The topological polar surface area (TPSA) is 26.0 Å². The normalized spacial score (nSPS) is 10.8. The largest absolute Gasteiger partial charge is 0.356 e. The summed E-state index contributed by atoms with van der Waals surface area (Å²) in [4.78, 5) is 0. The van der Waals surface area contributed by atoms with E-state index in [9.17, 15) is 0 Å². The molecule has 2 nitrogen and oxygen atoms in total. The predicted octanol–water partition coefficient (Wildman–Crippen LogP) is 3.60. The molecule has 0 unspecified atom stereocenters. The Kier molecular flexibility index (Phi) is 2.00. The highest BCUT2D eigenvalue weighted by molar-refractivity contribution is 5.84. The van der Waals surface area contributed by atoms with Crippen molar-refractivity contribution in [2.45, 2.75) is 6.92 Å². The van der Waals surface area contributed by atoms with Crippen LogP contribution in [-0.2, 0) is 0 Å². The van der Waals surface area contributed by atoms with E-state index in [0.717, 1.165) is 16.7 Å². The molecule has 0 fully saturated rings. The molecule has 77 valence electrons. The maximum absolute atomic E-state index is 5.18. The van der Waals surface area contributed by atoms with Crippen molar-refractivity contribution in [1.82, 2.24) is 5.16 Å². The summed E-state index contributed by atoms with van der Waals surface area (Å²) >= 11 is 0. The zero-order valence-corrected chi connectivity index (χ0v) is 8.90. The molecule has 0 aliphatic heterocycles. The van der Waals surface area contributed by atoms with E-state index in [4.69, 9.17) is 4.52 Å². The molecule has 0 atom stereocenters. The van der Waals surface area contributed by atoms with Crippen LogP contribution in [0.15, 0.2) is 47.0 Å². The molecule has 0 N–H and O–H groups in total. The predicted molar refractivity (Wildman–Crippen MR) is 63.0 cm³/mol. The lowest BCUT2D eigenvalue weighted by Crippen LogP contribution is -1.77. The zero-order chi connectivity index (χ0) is 11.0. The van der Waals surface area contributed by atoms with Crippen LogP contribution in [0.25, 0.3) is 22.1 Å². The van der Waals surface area contributed by atoms with Gasteiger partial charge in [-0.1, -0.05) is 35.5 Å². The Morgan fingerprint density at radius 3 is 2.69 bits per heavy atom. The van der Waals surface area contributed by atoms with E-state index in [1.807, 2.05) is 43.3 Å². The molecule has 0 saturated heterocycles. The number of nitrogens with zero attached hydrogens (tertiary/aromatic N) is 1. The fourth-order valence-corrected chi connectivity index (χ4v) is 1.82. The maximum Gasteiger partial charge on any atom is 0.167 e. The first-order valence-electron chi connectivity index (χ1n) is 5.17. The molecule has 2 aromatic carbocycles. The second-order valence-electron chi connectivity index (χ2n) is 3.77. The van der Waals surface area contributed by atoms with E-state index < -0.39 is 0 Å². The summed E-state index contributed by atoms with van der Waals surface area (Å²) in [5.41, 5.74) is 4.12. The molecular weight excluding hydrogens is 198 g/mol. The summed E-state index contributed by atoms with van der Waals surface area (Å²) in [6.07, 6.45) is 0. The van der Waals surface area contributed by atoms with Crippen LogP contribution in [0.1, 0.15) is 5.69 Å². The van der Waals surface area contributed by atoms with Crippen LogP contribution in [0.4, 0.5) is 0 Å². The number of rotatable bonds is 1. The van der Waals surface area contributed by atoms with Gasteiger partial charge < -0.3 is 4.52 Å². The molecule has 0 amide bonds. The van der Waals surface area contributed by atoms with E-state index in [1.54, 1.807) is 0 Å². The molecule has 1 heterocycles. The monoisotopic (exact) mass is 208 g/mol. The lowest BCUT2D eigenvalue weighted by atomic mass is 10.0. The van der Waals surface area contributed by atoms with Crippen molar-refractivity contribution in [3.05, 3.63) is 54.2 Å². The molecule has 0 aliphatic carbocycles.